The SMILES string of the molecule is CC[C@H](NC(=O)c1ccc[nH]1)C(=O)N[C@@H](CO)C(=O)N[C@@H](CC(=O)N[C@@H](CC)C(=O)OC)c1ccccc1. The summed E-state index contributed by atoms with van der Waals surface area (Å²) in [5.41, 5.74) is 0.879. The number of aromatic nitrogens is 1. The van der Waals surface area contributed by atoms with E-state index in [0.717, 1.165) is 0 Å². The molecular formula is C26H35N5O7. The number of nitrogens with one attached hydrogen (secondary N) is 5. The van der Waals surface area contributed by atoms with Crippen LogP contribution in [0.15, 0.2) is 48.7 Å². The number of hydrogen-bond donors (Lipinski definition) is 6. The van der Waals surface area contributed by atoms with E-state index >= 15 is 0 Å². The molecule has 0 aliphatic rings. The molecule has 0 saturated heterocycles. The fourth-order valence-corrected chi connectivity index (χ4v) is 3.65. The monoisotopic (exact) mass is 529 g/mol. The number of H-pyrrole nitrogens is 1. The highest BCUT2D eigenvalue weighted by molar-refractivity contribution is 5.97. The van der Waals surface area contributed by atoms with Gasteiger partial charge in [0.15, 0.2) is 0 Å². The van der Waals surface area contributed by atoms with E-state index in [2.05, 4.69) is 26.3 Å². The molecule has 1 heterocycles. The number of rotatable bonds is 14. The van der Waals surface area contributed by atoms with Crippen molar-refractivity contribution in [3.05, 3.63) is 59.9 Å². The van der Waals surface area contributed by atoms with Crippen molar-refractivity contribution in [1.29, 1.82) is 0 Å². The van der Waals surface area contributed by atoms with Crippen molar-refractivity contribution in [1.82, 2.24) is 26.3 Å². The van der Waals surface area contributed by atoms with Gasteiger partial charge in [0.05, 0.1) is 26.2 Å². The van der Waals surface area contributed by atoms with Crippen LogP contribution in [0.3, 0.4) is 0 Å². The van der Waals surface area contributed by atoms with Crippen molar-refractivity contribution < 1.29 is 33.8 Å². The lowest BCUT2D eigenvalue weighted by Crippen LogP contribution is -2.55. The molecule has 1 aromatic carbocycles. The maximum absolute atomic E-state index is 13.0. The number of ether oxygens (including phenoxy) is 1. The molecule has 38 heavy (non-hydrogen) atoms. The number of hydrogen-bond acceptors (Lipinski definition) is 7. The average Bonchev–Trinajstić information content (AvgIpc) is 3.48. The van der Waals surface area contributed by atoms with Crippen molar-refractivity contribution in [3.8, 4) is 0 Å². The summed E-state index contributed by atoms with van der Waals surface area (Å²) in [7, 11) is 1.22. The zero-order valence-corrected chi connectivity index (χ0v) is 21.7. The van der Waals surface area contributed by atoms with Gasteiger partial charge in [-0.1, -0.05) is 44.2 Å². The van der Waals surface area contributed by atoms with Gasteiger partial charge in [-0.25, -0.2) is 4.79 Å². The molecule has 0 aliphatic heterocycles. The molecule has 4 amide bonds. The molecular weight excluding hydrogens is 494 g/mol. The van der Waals surface area contributed by atoms with Gasteiger partial charge in [-0.3, -0.25) is 19.2 Å². The van der Waals surface area contributed by atoms with E-state index in [1.165, 1.54) is 7.11 Å². The zero-order chi connectivity index (χ0) is 28.1. The predicted octanol–water partition coefficient (Wildman–Crippen LogP) is 0.316. The third-order valence-electron chi connectivity index (χ3n) is 5.83. The van der Waals surface area contributed by atoms with Gasteiger partial charge < -0.3 is 36.1 Å². The number of benzene rings is 1. The van der Waals surface area contributed by atoms with Crippen molar-refractivity contribution in [3.63, 3.8) is 0 Å². The van der Waals surface area contributed by atoms with Gasteiger partial charge in [0.1, 0.15) is 23.8 Å². The van der Waals surface area contributed by atoms with Gasteiger partial charge in [-0.05, 0) is 30.5 Å². The van der Waals surface area contributed by atoms with E-state index in [-0.39, 0.29) is 18.5 Å². The van der Waals surface area contributed by atoms with Crippen LogP contribution >= 0.6 is 0 Å². The smallest absolute Gasteiger partial charge is 0.328 e. The summed E-state index contributed by atoms with van der Waals surface area (Å²) in [4.78, 5) is 65.5. The fourth-order valence-electron chi connectivity index (χ4n) is 3.65. The van der Waals surface area contributed by atoms with Crippen molar-refractivity contribution in [2.45, 2.75) is 57.3 Å². The average molecular weight is 530 g/mol. The fraction of sp³-hybridized carbons (Fsp3) is 0.423. The summed E-state index contributed by atoms with van der Waals surface area (Å²) >= 11 is 0. The Balaban J connectivity index is 2.09. The molecule has 0 bridgehead atoms. The van der Waals surface area contributed by atoms with Crippen molar-refractivity contribution >= 4 is 29.6 Å². The van der Waals surface area contributed by atoms with Crippen molar-refractivity contribution in [2.75, 3.05) is 13.7 Å². The quantitative estimate of drug-likeness (QED) is 0.191. The zero-order valence-electron chi connectivity index (χ0n) is 21.7. The molecule has 0 spiro atoms. The summed E-state index contributed by atoms with van der Waals surface area (Å²) < 4.78 is 4.70. The van der Waals surface area contributed by atoms with Gasteiger partial charge >= 0.3 is 5.97 Å². The van der Waals surface area contributed by atoms with Crippen LogP contribution in [0.1, 0.15) is 55.2 Å². The number of amides is 4. The Morgan fingerprint density at radius 1 is 0.842 bits per heavy atom. The molecule has 1 aromatic heterocycles. The van der Waals surface area contributed by atoms with Gasteiger partial charge in [-0.15, -0.1) is 0 Å². The Morgan fingerprint density at radius 2 is 1.50 bits per heavy atom. The molecule has 2 aromatic rings. The maximum atomic E-state index is 13.0. The third-order valence-corrected chi connectivity index (χ3v) is 5.83. The minimum atomic E-state index is -1.34. The maximum Gasteiger partial charge on any atom is 0.328 e. The Hall–Kier alpha value is -4.19. The highest BCUT2D eigenvalue weighted by atomic mass is 16.5. The molecule has 2 rings (SSSR count). The second-order valence-electron chi connectivity index (χ2n) is 8.49. The summed E-state index contributed by atoms with van der Waals surface area (Å²) in [5.74, 6) is -2.96. The van der Waals surface area contributed by atoms with Crippen LogP contribution in [0.25, 0.3) is 0 Å². The Morgan fingerprint density at radius 3 is 2.05 bits per heavy atom. The van der Waals surface area contributed by atoms with E-state index in [1.807, 2.05) is 0 Å². The first-order valence-electron chi connectivity index (χ1n) is 12.3. The van der Waals surface area contributed by atoms with E-state index < -0.39 is 60.4 Å². The number of carbonyl (C=O) groups excluding carboxylic acids is 5. The Kier molecular flexibility index (Phi) is 12.0. The minimum Gasteiger partial charge on any atom is -0.467 e. The van der Waals surface area contributed by atoms with Crippen LogP contribution in [-0.4, -0.2) is 71.5 Å². The summed E-state index contributed by atoms with van der Waals surface area (Å²) in [6, 6.07) is 7.92. The topological polar surface area (TPSA) is 179 Å². The largest absolute Gasteiger partial charge is 0.467 e. The van der Waals surface area contributed by atoms with Gasteiger partial charge in [0.2, 0.25) is 17.7 Å². The van der Waals surface area contributed by atoms with Crippen LogP contribution in [0, 0.1) is 0 Å². The first kappa shape index (κ1) is 30.0. The normalized spacial score (nSPS) is 13.8. The molecule has 206 valence electrons. The lowest BCUT2D eigenvalue weighted by atomic mass is 10.0. The molecule has 12 heteroatoms. The van der Waals surface area contributed by atoms with E-state index in [4.69, 9.17) is 4.74 Å². The van der Waals surface area contributed by atoms with Crippen LogP contribution in [0.2, 0.25) is 0 Å². The molecule has 0 unspecified atom stereocenters. The van der Waals surface area contributed by atoms with E-state index in [0.29, 0.717) is 12.0 Å². The Labute approximate surface area is 220 Å². The molecule has 12 nitrogen and oxygen atoms in total. The highest BCUT2D eigenvalue weighted by Gasteiger charge is 2.29. The van der Waals surface area contributed by atoms with Crippen LogP contribution < -0.4 is 21.3 Å². The van der Waals surface area contributed by atoms with Gasteiger partial charge in [-0.2, -0.15) is 0 Å². The Bertz CT molecular complexity index is 1070. The molecule has 6 N–H and O–H groups in total. The number of aromatic amines is 1. The summed E-state index contributed by atoms with van der Waals surface area (Å²) in [5, 5.41) is 20.2. The second-order valence-corrected chi connectivity index (χ2v) is 8.49. The lowest BCUT2D eigenvalue weighted by molar-refractivity contribution is -0.145. The predicted molar refractivity (Wildman–Crippen MR) is 138 cm³/mol. The number of aliphatic hydroxyl groups excluding tert-OH is 1. The van der Waals surface area contributed by atoms with Crippen LogP contribution in [0.4, 0.5) is 0 Å². The van der Waals surface area contributed by atoms with Crippen LogP contribution in [-0.2, 0) is 23.9 Å². The minimum absolute atomic E-state index is 0.209. The lowest BCUT2D eigenvalue weighted by Gasteiger charge is -2.25. The van der Waals surface area contributed by atoms with E-state index in [9.17, 15) is 29.1 Å². The summed E-state index contributed by atoms with van der Waals surface area (Å²) in [6.45, 7) is 2.69. The molecule has 0 saturated carbocycles. The second kappa shape index (κ2) is 15.2. The molecule has 0 radical (unpaired) electrons. The first-order chi connectivity index (χ1) is 18.2. The molecule has 0 aliphatic carbocycles. The highest BCUT2D eigenvalue weighted by Crippen LogP contribution is 2.17. The third kappa shape index (κ3) is 8.73. The summed E-state index contributed by atoms with van der Waals surface area (Å²) in [6.07, 6.45) is 1.92. The number of methoxy groups -OCH3 is 1. The van der Waals surface area contributed by atoms with E-state index in [1.54, 1.807) is 62.5 Å². The number of aliphatic hydroxyl groups is 1. The molecule has 0 fully saturated rings. The first-order valence-corrected chi connectivity index (χ1v) is 12.3. The molecule has 4 atom stereocenters. The number of esters is 1. The number of carbonyl (C=O) groups is 5. The van der Waals surface area contributed by atoms with Gasteiger partial charge in [0, 0.05) is 6.20 Å². The van der Waals surface area contributed by atoms with Crippen LogP contribution in [0.5, 0.6) is 0 Å². The van der Waals surface area contributed by atoms with Gasteiger partial charge in [0.25, 0.3) is 5.91 Å². The van der Waals surface area contributed by atoms with Crippen molar-refractivity contribution in [2.24, 2.45) is 0 Å². The standard InChI is InChI=1S/C26H35N5O7/c1-4-17(29-24(35)19-12-9-13-27-19)23(34)31-21(15-32)25(36)30-20(16-10-7-6-8-11-16)14-22(33)28-18(5-2)26(37)38-3/h6-13,17-18,20-21,27,32H,4-5,14-15H2,1-3H3,(H,28,33)(H,29,35)(H,30,36)(H,31,34)/t17-,18-,20-,21-/m0/s1.